The average molecular weight is 185 g/mol. The van der Waals surface area contributed by atoms with Crippen LogP contribution in [-0.2, 0) is 9.47 Å². The van der Waals surface area contributed by atoms with Crippen LogP contribution in [0.25, 0.3) is 0 Å². The lowest BCUT2D eigenvalue weighted by Crippen LogP contribution is -2.61. The molecule has 0 saturated carbocycles. The van der Waals surface area contributed by atoms with E-state index in [2.05, 4.69) is 5.32 Å². The van der Waals surface area contributed by atoms with Gasteiger partial charge in [0.15, 0.2) is 0 Å². The van der Waals surface area contributed by atoms with Gasteiger partial charge >= 0.3 is 0 Å². The van der Waals surface area contributed by atoms with Crippen LogP contribution in [0, 0.1) is 5.92 Å². The van der Waals surface area contributed by atoms with E-state index < -0.39 is 0 Å². The molecule has 13 heavy (non-hydrogen) atoms. The van der Waals surface area contributed by atoms with Gasteiger partial charge < -0.3 is 14.8 Å². The molecule has 2 fully saturated rings. The van der Waals surface area contributed by atoms with Crippen LogP contribution in [0.1, 0.15) is 19.3 Å². The fourth-order valence-corrected chi connectivity index (χ4v) is 2.27. The number of rotatable bonds is 3. The van der Waals surface area contributed by atoms with Crippen molar-refractivity contribution >= 4 is 0 Å². The van der Waals surface area contributed by atoms with Crippen LogP contribution in [0.3, 0.4) is 0 Å². The Kier molecular flexibility index (Phi) is 2.86. The van der Waals surface area contributed by atoms with E-state index in [1.165, 1.54) is 12.8 Å². The van der Waals surface area contributed by atoms with Crippen LogP contribution in [0.4, 0.5) is 0 Å². The van der Waals surface area contributed by atoms with Crippen molar-refractivity contribution in [2.45, 2.75) is 24.9 Å². The highest BCUT2D eigenvalue weighted by atomic mass is 16.5. The predicted octanol–water partition coefficient (Wildman–Crippen LogP) is 0.792. The van der Waals surface area contributed by atoms with E-state index in [-0.39, 0.29) is 5.60 Å². The van der Waals surface area contributed by atoms with Gasteiger partial charge in [-0.25, -0.2) is 0 Å². The van der Waals surface area contributed by atoms with E-state index in [0.29, 0.717) is 0 Å². The molecule has 0 radical (unpaired) electrons. The molecule has 0 aliphatic carbocycles. The summed E-state index contributed by atoms with van der Waals surface area (Å²) in [4.78, 5) is 0. The van der Waals surface area contributed by atoms with Crippen molar-refractivity contribution < 1.29 is 9.47 Å². The Bertz CT molecular complexity index is 157. The Morgan fingerprint density at radius 1 is 1.54 bits per heavy atom. The highest BCUT2D eigenvalue weighted by Crippen LogP contribution is 2.29. The fraction of sp³-hybridized carbons (Fsp3) is 1.00. The van der Waals surface area contributed by atoms with Gasteiger partial charge in [-0.05, 0) is 25.2 Å². The highest BCUT2D eigenvalue weighted by Gasteiger charge is 2.39. The third kappa shape index (κ3) is 2.03. The van der Waals surface area contributed by atoms with Gasteiger partial charge in [0.2, 0.25) is 0 Å². The largest absolute Gasteiger partial charge is 0.381 e. The average Bonchev–Trinajstić information content (AvgIpc) is 2.13. The molecule has 1 N–H and O–H groups in total. The lowest BCUT2D eigenvalue weighted by molar-refractivity contribution is -0.0821. The van der Waals surface area contributed by atoms with Gasteiger partial charge in [0.05, 0.1) is 5.60 Å². The molecule has 2 saturated heterocycles. The minimum Gasteiger partial charge on any atom is -0.381 e. The summed E-state index contributed by atoms with van der Waals surface area (Å²) in [5, 5.41) is 3.28. The van der Waals surface area contributed by atoms with Crippen molar-refractivity contribution in [3.05, 3.63) is 0 Å². The first-order valence-electron chi connectivity index (χ1n) is 5.18. The van der Waals surface area contributed by atoms with Crippen molar-refractivity contribution in [3.8, 4) is 0 Å². The number of hydrogen-bond acceptors (Lipinski definition) is 3. The van der Waals surface area contributed by atoms with Crippen molar-refractivity contribution in [2.24, 2.45) is 5.92 Å². The van der Waals surface area contributed by atoms with E-state index in [0.717, 1.165) is 38.6 Å². The van der Waals surface area contributed by atoms with Crippen LogP contribution in [0.5, 0.6) is 0 Å². The minimum atomic E-state index is 0.130. The molecule has 0 spiro atoms. The Balaban J connectivity index is 1.81. The second kappa shape index (κ2) is 3.95. The molecule has 76 valence electrons. The van der Waals surface area contributed by atoms with E-state index in [1.54, 1.807) is 0 Å². The summed E-state index contributed by atoms with van der Waals surface area (Å²) in [5.41, 5.74) is 0.130. The Hall–Kier alpha value is -0.120. The normalized spacial score (nSPS) is 32.5. The van der Waals surface area contributed by atoms with Crippen molar-refractivity contribution in [1.29, 1.82) is 0 Å². The van der Waals surface area contributed by atoms with Crippen LogP contribution < -0.4 is 5.32 Å². The molecule has 1 unspecified atom stereocenters. The van der Waals surface area contributed by atoms with Crippen LogP contribution in [0.15, 0.2) is 0 Å². The van der Waals surface area contributed by atoms with E-state index >= 15 is 0 Å². The summed E-state index contributed by atoms with van der Waals surface area (Å²) in [6, 6.07) is 0. The summed E-state index contributed by atoms with van der Waals surface area (Å²) in [7, 11) is 1.82. The maximum absolute atomic E-state index is 5.56. The van der Waals surface area contributed by atoms with Crippen LogP contribution in [0.2, 0.25) is 0 Å². The molecule has 2 aliphatic rings. The number of methoxy groups -OCH3 is 1. The predicted molar refractivity (Wildman–Crippen MR) is 50.8 cm³/mol. The van der Waals surface area contributed by atoms with E-state index in [9.17, 15) is 0 Å². The summed E-state index contributed by atoms with van der Waals surface area (Å²) < 4.78 is 11.0. The standard InChI is InChI=1S/C10H19NO2/c1-12-10(7-11-8-10)5-9-3-2-4-13-6-9/h9,11H,2-8H2,1H3. The van der Waals surface area contributed by atoms with Crippen molar-refractivity contribution in [2.75, 3.05) is 33.4 Å². The number of nitrogens with one attached hydrogen (secondary N) is 1. The second-order valence-electron chi connectivity index (χ2n) is 4.28. The third-order valence-corrected chi connectivity index (χ3v) is 3.24. The van der Waals surface area contributed by atoms with Crippen LogP contribution in [-0.4, -0.2) is 39.0 Å². The summed E-state index contributed by atoms with van der Waals surface area (Å²) in [6.07, 6.45) is 3.69. The van der Waals surface area contributed by atoms with Gasteiger partial charge in [0, 0.05) is 33.4 Å². The third-order valence-electron chi connectivity index (χ3n) is 3.24. The molecule has 2 rings (SSSR count). The lowest BCUT2D eigenvalue weighted by Gasteiger charge is -2.44. The quantitative estimate of drug-likeness (QED) is 0.705. The molecule has 1 atom stereocenters. The maximum Gasteiger partial charge on any atom is 0.0929 e. The maximum atomic E-state index is 5.56. The first-order valence-corrected chi connectivity index (χ1v) is 5.18. The SMILES string of the molecule is COC1(CC2CCCOC2)CNC1. The van der Waals surface area contributed by atoms with Gasteiger partial charge in [-0.3, -0.25) is 0 Å². The molecule has 2 heterocycles. The Morgan fingerprint density at radius 3 is 2.85 bits per heavy atom. The van der Waals surface area contributed by atoms with E-state index in [4.69, 9.17) is 9.47 Å². The van der Waals surface area contributed by atoms with Crippen molar-refractivity contribution in [1.82, 2.24) is 5.32 Å². The van der Waals surface area contributed by atoms with Crippen molar-refractivity contribution in [3.63, 3.8) is 0 Å². The molecule has 0 aromatic heterocycles. The first-order chi connectivity index (χ1) is 6.35. The zero-order chi connectivity index (χ0) is 9.15. The Labute approximate surface area is 79.8 Å². The minimum absolute atomic E-state index is 0.130. The smallest absolute Gasteiger partial charge is 0.0929 e. The molecule has 0 aromatic rings. The molecule has 3 nitrogen and oxygen atoms in total. The van der Waals surface area contributed by atoms with E-state index in [1.807, 2.05) is 7.11 Å². The summed E-state index contributed by atoms with van der Waals surface area (Å²) >= 11 is 0. The molecule has 0 amide bonds. The zero-order valence-corrected chi connectivity index (χ0v) is 8.34. The molecule has 0 bridgehead atoms. The van der Waals surface area contributed by atoms with Gasteiger partial charge in [-0.2, -0.15) is 0 Å². The molecule has 2 aliphatic heterocycles. The van der Waals surface area contributed by atoms with Crippen LogP contribution >= 0.6 is 0 Å². The molecular weight excluding hydrogens is 166 g/mol. The molecule has 0 aromatic carbocycles. The van der Waals surface area contributed by atoms with Gasteiger partial charge in [-0.15, -0.1) is 0 Å². The lowest BCUT2D eigenvalue weighted by atomic mass is 9.83. The monoisotopic (exact) mass is 185 g/mol. The Morgan fingerprint density at radius 2 is 2.38 bits per heavy atom. The van der Waals surface area contributed by atoms with Gasteiger partial charge in [-0.1, -0.05) is 0 Å². The summed E-state index contributed by atoms with van der Waals surface area (Å²) in [5.74, 6) is 0.718. The molecular formula is C10H19NO2. The fourth-order valence-electron chi connectivity index (χ4n) is 2.27. The second-order valence-corrected chi connectivity index (χ2v) is 4.28. The number of ether oxygens (including phenoxy) is 2. The highest BCUT2D eigenvalue weighted by molar-refractivity contribution is 4.96. The summed E-state index contributed by atoms with van der Waals surface area (Å²) in [6.45, 7) is 3.92. The number of hydrogen-bond donors (Lipinski definition) is 1. The molecule has 3 heteroatoms. The van der Waals surface area contributed by atoms with Gasteiger partial charge in [0.1, 0.15) is 0 Å². The first kappa shape index (κ1) is 9.44. The zero-order valence-electron chi connectivity index (χ0n) is 8.34. The topological polar surface area (TPSA) is 30.5 Å². The van der Waals surface area contributed by atoms with Gasteiger partial charge in [0.25, 0.3) is 0 Å².